The first-order valence-corrected chi connectivity index (χ1v) is 9.21. The zero-order valence-electron chi connectivity index (χ0n) is 14.0. The van der Waals surface area contributed by atoms with Gasteiger partial charge in [0, 0.05) is 24.5 Å². The van der Waals surface area contributed by atoms with E-state index in [0.29, 0.717) is 8.64 Å². The molecule has 0 saturated heterocycles. The summed E-state index contributed by atoms with van der Waals surface area (Å²) in [6, 6.07) is 19.9. The Kier molecular flexibility index (Phi) is 13.0. The van der Waals surface area contributed by atoms with Gasteiger partial charge in [-0.3, -0.25) is 0 Å². The number of anilines is 2. The predicted octanol–water partition coefficient (Wildman–Crippen LogP) is 4.69. The number of thiocarbonyl (C=S) groups is 2. The van der Waals surface area contributed by atoms with E-state index in [4.69, 9.17) is 49.7 Å². The summed E-state index contributed by atoms with van der Waals surface area (Å²) in [5, 5.41) is 0. The van der Waals surface area contributed by atoms with Crippen LogP contribution < -0.4 is 9.80 Å². The van der Waals surface area contributed by atoms with Crippen LogP contribution in [0.1, 0.15) is 13.8 Å². The summed E-state index contributed by atoms with van der Waals surface area (Å²) >= 11 is 19.8. The molecule has 137 valence electrons. The molecule has 7 heteroatoms. The molecule has 0 atom stereocenters. The molecule has 0 aliphatic carbocycles. The van der Waals surface area contributed by atoms with Crippen LogP contribution in [0, 0.1) is 0 Å². The Morgan fingerprint density at radius 3 is 1.20 bits per heavy atom. The summed E-state index contributed by atoms with van der Waals surface area (Å²) in [5.74, 6) is 0. The zero-order chi connectivity index (χ0) is 17.9. The van der Waals surface area contributed by atoms with Crippen LogP contribution in [0.4, 0.5) is 11.4 Å². The van der Waals surface area contributed by atoms with Gasteiger partial charge in [0.05, 0.1) is 0 Å². The maximum absolute atomic E-state index is 4.94. The summed E-state index contributed by atoms with van der Waals surface area (Å²) < 4.78 is 1.01. The molecular weight excluding hydrogens is 436 g/mol. The Bertz CT molecular complexity index is 581. The van der Waals surface area contributed by atoms with Gasteiger partial charge >= 0.3 is 17.1 Å². The predicted molar refractivity (Wildman–Crippen MR) is 119 cm³/mol. The van der Waals surface area contributed by atoms with Gasteiger partial charge in [-0.1, -0.05) is 45.0 Å². The monoisotopic (exact) mass is 455 g/mol. The van der Waals surface area contributed by atoms with E-state index in [2.05, 4.69) is 0 Å². The van der Waals surface area contributed by atoms with Gasteiger partial charge in [-0.05, 0) is 38.1 Å². The smallest absolute Gasteiger partial charge is 0.411 e. The van der Waals surface area contributed by atoms with Crippen LogP contribution in [-0.4, -0.2) is 21.7 Å². The number of rotatable bonds is 4. The molecule has 0 spiro atoms. The van der Waals surface area contributed by atoms with Gasteiger partial charge in [0.15, 0.2) is 0 Å². The van der Waals surface area contributed by atoms with Crippen LogP contribution in [0.2, 0.25) is 0 Å². The van der Waals surface area contributed by atoms with Crippen molar-refractivity contribution in [2.75, 3.05) is 22.9 Å². The van der Waals surface area contributed by atoms with Crippen LogP contribution in [0.5, 0.6) is 0 Å². The molecule has 2 nitrogen and oxygen atoms in total. The van der Waals surface area contributed by atoms with E-state index in [1.165, 1.54) is 0 Å². The molecule has 2 rings (SSSR count). The fourth-order valence-electron chi connectivity index (χ4n) is 2.05. The molecule has 0 fully saturated rings. The zero-order valence-corrected chi connectivity index (χ0v) is 18.2. The van der Waals surface area contributed by atoms with Crippen molar-refractivity contribution in [1.82, 2.24) is 0 Å². The van der Waals surface area contributed by atoms with E-state index in [9.17, 15) is 0 Å². The maximum Gasteiger partial charge on any atom is 2.00 e. The summed E-state index contributed by atoms with van der Waals surface area (Å²) in [6.45, 7) is 5.72. The Morgan fingerprint density at radius 1 is 0.720 bits per heavy atom. The molecule has 0 heterocycles. The summed E-state index contributed by atoms with van der Waals surface area (Å²) in [7, 11) is 0. The molecule has 2 aromatic carbocycles. The van der Waals surface area contributed by atoms with Crippen molar-refractivity contribution >= 4 is 69.7 Å². The van der Waals surface area contributed by atoms with Gasteiger partial charge in [0.25, 0.3) is 0 Å². The summed E-state index contributed by atoms with van der Waals surface area (Å²) in [5.41, 5.74) is 2.14. The first-order chi connectivity index (χ1) is 11.5. The molecule has 0 N–H and O–H groups in total. The van der Waals surface area contributed by atoms with Crippen LogP contribution in [0.25, 0.3) is 0 Å². The average molecular weight is 456 g/mol. The molecule has 0 aliphatic heterocycles. The first kappa shape index (κ1) is 24.2. The van der Waals surface area contributed by atoms with E-state index in [-0.39, 0.29) is 17.1 Å². The molecule has 0 aliphatic rings. The second-order valence-corrected chi connectivity index (χ2v) is 6.76. The Labute approximate surface area is 183 Å². The number of benzene rings is 2. The average Bonchev–Trinajstić information content (AvgIpc) is 2.58. The van der Waals surface area contributed by atoms with E-state index in [1.807, 2.05) is 84.3 Å². The van der Waals surface area contributed by atoms with Gasteiger partial charge in [-0.15, -0.1) is 0 Å². The molecule has 0 aromatic heterocycles. The van der Waals surface area contributed by atoms with Gasteiger partial charge in [0.1, 0.15) is 0 Å². The Morgan fingerprint density at radius 2 is 1.00 bits per heavy atom. The van der Waals surface area contributed by atoms with Crippen molar-refractivity contribution in [3.63, 3.8) is 0 Å². The van der Waals surface area contributed by atoms with Gasteiger partial charge < -0.3 is 59.5 Å². The van der Waals surface area contributed by atoms with Gasteiger partial charge in [0.2, 0.25) is 0 Å². The van der Waals surface area contributed by atoms with Gasteiger partial charge in [-0.2, -0.15) is 0 Å². The van der Waals surface area contributed by atoms with Crippen molar-refractivity contribution in [1.29, 1.82) is 0 Å². The number of hydrogen-bond acceptors (Lipinski definition) is 4. The van der Waals surface area contributed by atoms with E-state index >= 15 is 0 Å². The third-order valence-electron chi connectivity index (χ3n) is 3.21. The fourth-order valence-corrected chi connectivity index (χ4v) is 2.99. The van der Waals surface area contributed by atoms with Crippen molar-refractivity contribution in [3.8, 4) is 0 Å². The number of nitrogens with zero attached hydrogens (tertiary/aromatic N) is 2. The minimum atomic E-state index is 0. The van der Waals surface area contributed by atoms with Crippen molar-refractivity contribution in [2.24, 2.45) is 0 Å². The van der Waals surface area contributed by atoms with Crippen LogP contribution in [0.15, 0.2) is 60.7 Å². The first-order valence-electron chi connectivity index (χ1n) is 7.58. The largest absolute Gasteiger partial charge is 2.00 e. The van der Waals surface area contributed by atoms with Crippen LogP contribution in [-0.2, 0) is 42.3 Å². The number of hydrogen-bond donors (Lipinski definition) is 0. The maximum atomic E-state index is 4.94. The molecule has 0 saturated carbocycles. The van der Waals surface area contributed by atoms with Crippen molar-refractivity contribution in [2.45, 2.75) is 13.8 Å². The minimum absolute atomic E-state index is 0. The summed E-state index contributed by atoms with van der Waals surface area (Å²) in [6.07, 6.45) is 0. The van der Waals surface area contributed by atoms with E-state index in [0.717, 1.165) is 24.5 Å². The number of para-hydroxylation sites is 2. The second kappa shape index (κ2) is 13.4. The minimum Gasteiger partial charge on any atom is -0.411 e. The van der Waals surface area contributed by atoms with E-state index in [1.54, 1.807) is 0 Å². The third-order valence-corrected chi connectivity index (χ3v) is 4.09. The third kappa shape index (κ3) is 8.40. The molecule has 0 amide bonds. The van der Waals surface area contributed by atoms with Crippen LogP contribution >= 0.6 is 24.4 Å². The quantitative estimate of drug-likeness (QED) is 0.372. The molecule has 25 heavy (non-hydrogen) atoms. The molecule has 0 bridgehead atoms. The van der Waals surface area contributed by atoms with Crippen LogP contribution in [0.3, 0.4) is 0 Å². The summed E-state index contributed by atoms with van der Waals surface area (Å²) in [4.78, 5) is 3.84. The van der Waals surface area contributed by atoms with Gasteiger partial charge in [-0.25, -0.2) is 0 Å². The molecule has 0 unspecified atom stereocenters. The van der Waals surface area contributed by atoms with E-state index < -0.39 is 0 Å². The normalized spacial score (nSPS) is 9.04. The topological polar surface area (TPSA) is 6.48 Å². The molecular formula is C18H20CuN2S4. The van der Waals surface area contributed by atoms with Crippen molar-refractivity contribution in [3.05, 3.63) is 60.7 Å². The Hall–Kier alpha value is -0.821. The fraction of sp³-hybridized carbons (Fsp3) is 0.222. The second-order valence-electron chi connectivity index (χ2n) is 4.69. The SMILES string of the molecule is CCN(C(=S)[S-])c1ccccc1.CCN(C(=S)[S-])c1ccccc1.[Cu+2]. The molecule has 1 radical (unpaired) electrons. The van der Waals surface area contributed by atoms with Crippen molar-refractivity contribution < 1.29 is 17.1 Å². The molecule has 2 aromatic rings. The Balaban J connectivity index is 0.000000443. The standard InChI is InChI=1S/2C9H11NS2.Cu/c2*1-2-10(9(11)12)8-6-4-3-5-7-8;/h2*3-7H,2H2,1H3,(H,11,12);/q;;+2/p-2.